The molecule has 0 heterocycles. The van der Waals surface area contributed by atoms with E-state index in [1.165, 1.54) is 5.56 Å². The minimum absolute atomic E-state index is 0.0552. The molecule has 0 spiro atoms. The number of hydrogen-bond acceptors (Lipinski definition) is 3. The highest BCUT2D eigenvalue weighted by atomic mass is 79.9. The van der Waals surface area contributed by atoms with E-state index in [1.807, 2.05) is 30.3 Å². The number of benzene rings is 2. The van der Waals surface area contributed by atoms with E-state index in [1.54, 1.807) is 23.9 Å². The average molecular weight is 449 g/mol. The summed E-state index contributed by atoms with van der Waals surface area (Å²) in [6.07, 6.45) is 0. The highest BCUT2D eigenvalue weighted by Crippen LogP contribution is 2.27. The fraction of sp³-hybridized carbons (Fsp3) is 0.235. The number of carbonyl (C=O) groups is 1. The van der Waals surface area contributed by atoms with Crippen LogP contribution >= 0.6 is 50.9 Å². The predicted octanol–water partition coefficient (Wildman–Crippen LogP) is 5.18. The summed E-state index contributed by atoms with van der Waals surface area (Å²) in [4.78, 5) is 11.8. The van der Waals surface area contributed by atoms with E-state index in [0.717, 1.165) is 21.0 Å². The number of nitrogens with one attached hydrogen (secondary N) is 1. The van der Waals surface area contributed by atoms with Gasteiger partial charge in [0.1, 0.15) is 5.75 Å². The van der Waals surface area contributed by atoms with E-state index >= 15 is 0 Å². The lowest BCUT2D eigenvalue weighted by atomic mass is 10.2. The summed E-state index contributed by atoms with van der Waals surface area (Å²) < 4.78 is 6.27. The summed E-state index contributed by atoms with van der Waals surface area (Å²) in [6, 6.07) is 13.0. The van der Waals surface area contributed by atoms with Gasteiger partial charge < -0.3 is 10.1 Å². The van der Waals surface area contributed by atoms with Gasteiger partial charge in [-0.3, -0.25) is 4.79 Å². The molecule has 0 aliphatic rings. The van der Waals surface area contributed by atoms with Crippen LogP contribution in [0.15, 0.2) is 46.9 Å². The zero-order valence-electron chi connectivity index (χ0n) is 12.7. The van der Waals surface area contributed by atoms with Gasteiger partial charge in [-0.25, -0.2) is 0 Å². The van der Waals surface area contributed by atoms with E-state index in [0.29, 0.717) is 17.3 Å². The molecule has 1 N–H and O–H groups in total. The van der Waals surface area contributed by atoms with Gasteiger partial charge in [0.2, 0.25) is 0 Å². The van der Waals surface area contributed by atoms with Crippen LogP contribution in [-0.2, 0) is 10.5 Å². The summed E-state index contributed by atoms with van der Waals surface area (Å²) in [5.74, 6) is 2.00. The SMILES string of the molecule is O=C(COc1ccc(Br)cc1Cl)NCCSCc1cccc(Cl)c1. The van der Waals surface area contributed by atoms with Crippen molar-refractivity contribution in [1.29, 1.82) is 0 Å². The second-order valence-electron chi connectivity index (χ2n) is 4.90. The zero-order chi connectivity index (χ0) is 17.4. The highest BCUT2D eigenvalue weighted by molar-refractivity contribution is 9.10. The molecule has 7 heteroatoms. The molecule has 128 valence electrons. The Morgan fingerprint density at radius 3 is 2.79 bits per heavy atom. The van der Waals surface area contributed by atoms with E-state index in [-0.39, 0.29) is 12.5 Å². The molecule has 1 amide bonds. The van der Waals surface area contributed by atoms with Gasteiger partial charge in [-0.1, -0.05) is 51.3 Å². The van der Waals surface area contributed by atoms with Crippen LogP contribution in [0.4, 0.5) is 0 Å². The summed E-state index contributed by atoms with van der Waals surface area (Å²) in [5, 5.41) is 4.03. The topological polar surface area (TPSA) is 38.3 Å². The number of ether oxygens (including phenoxy) is 1. The van der Waals surface area contributed by atoms with Crippen LogP contribution in [0.25, 0.3) is 0 Å². The molecule has 0 radical (unpaired) electrons. The van der Waals surface area contributed by atoms with Gasteiger partial charge >= 0.3 is 0 Å². The largest absolute Gasteiger partial charge is 0.482 e. The predicted molar refractivity (Wildman–Crippen MR) is 105 cm³/mol. The maximum absolute atomic E-state index is 11.8. The van der Waals surface area contributed by atoms with Gasteiger partial charge in [-0.2, -0.15) is 11.8 Å². The van der Waals surface area contributed by atoms with Crippen molar-refractivity contribution >= 4 is 56.8 Å². The number of amides is 1. The fourth-order valence-electron chi connectivity index (χ4n) is 1.87. The molecule has 24 heavy (non-hydrogen) atoms. The van der Waals surface area contributed by atoms with Crippen LogP contribution in [0.1, 0.15) is 5.56 Å². The van der Waals surface area contributed by atoms with E-state index in [4.69, 9.17) is 27.9 Å². The average Bonchev–Trinajstić information content (AvgIpc) is 2.54. The molecule has 2 aromatic carbocycles. The van der Waals surface area contributed by atoms with Crippen LogP contribution in [-0.4, -0.2) is 24.8 Å². The quantitative estimate of drug-likeness (QED) is 0.565. The molecule has 0 unspecified atom stereocenters. The monoisotopic (exact) mass is 447 g/mol. The first-order valence-electron chi connectivity index (χ1n) is 7.21. The van der Waals surface area contributed by atoms with Crippen LogP contribution in [0.2, 0.25) is 10.0 Å². The first kappa shape index (κ1) is 19.4. The van der Waals surface area contributed by atoms with Crippen LogP contribution in [0.5, 0.6) is 5.75 Å². The molecule has 0 saturated heterocycles. The van der Waals surface area contributed by atoms with Crippen molar-refractivity contribution in [2.75, 3.05) is 18.9 Å². The maximum Gasteiger partial charge on any atom is 0.257 e. The Balaban J connectivity index is 1.61. The molecule has 0 saturated carbocycles. The Morgan fingerprint density at radius 2 is 2.04 bits per heavy atom. The van der Waals surface area contributed by atoms with Gasteiger partial charge in [-0.05, 0) is 35.9 Å². The van der Waals surface area contributed by atoms with Gasteiger partial charge in [-0.15, -0.1) is 0 Å². The van der Waals surface area contributed by atoms with Crippen molar-refractivity contribution in [3.8, 4) is 5.75 Å². The van der Waals surface area contributed by atoms with Gasteiger partial charge in [0, 0.05) is 27.5 Å². The third-order valence-corrected chi connectivity index (χ3v) is 5.03. The molecule has 0 aliphatic carbocycles. The van der Waals surface area contributed by atoms with Crippen LogP contribution < -0.4 is 10.1 Å². The Hall–Kier alpha value is -0.880. The van der Waals surface area contributed by atoms with E-state index in [2.05, 4.69) is 21.2 Å². The Morgan fingerprint density at radius 1 is 1.21 bits per heavy atom. The number of halogens is 3. The molecule has 2 aromatic rings. The highest BCUT2D eigenvalue weighted by Gasteiger charge is 2.06. The molecular weight excluding hydrogens is 433 g/mol. The van der Waals surface area contributed by atoms with Crippen molar-refractivity contribution in [2.24, 2.45) is 0 Å². The lowest BCUT2D eigenvalue weighted by Crippen LogP contribution is -2.30. The lowest BCUT2D eigenvalue weighted by molar-refractivity contribution is -0.122. The van der Waals surface area contributed by atoms with Crippen molar-refractivity contribution in [2.45, 2.75) is 5.75 Å². The smallest absolute Gasteiger partial charge is 0.257 e. The lowest BCUT2D eigenvalue weighted by Gasteiger charge is -2.09. The van der Waals surface area contributed by atoms with Crippen molar-refractivity contribution in [3.63, 3.8) is 0 Å². The first-order valence-corrected chi connectivity index (χ1v) is 9.91. The maximum atomic E-state index is 11.8. The van der Waals surface area contributed by atoms with Gasteiger partial charge in [0.15, 0.2) is 6.61 Å². The second kappa shape index (κ2) is 10.2. The summed E-state index contributed by atoms with van der Waals surface area (Å²) in [5.41, 5.74) is 1.17. The molecule has 3 nitrogen and oxygen atoms in total. The molecule has 0 fully saturated rings. The summed E-state index contributed by atoms with van der Waals surface area (Å²) >= 11 is 17.0. The third kappa shape index (κ3) is 6.93. The first-order chi connectivity index (χ1) is 11.5. The standard InChI is InChI=1S/C17H16BrCl2NO2S/c18-13-4-5-16(15(20)9-13)23-10-17(22)21-6-7-24-11-12-2-1-3-14(19)8-12/h1-5,8-9H,6-7,10-11H2,(H,21,22). The molecule has 0 atom stereocenters. The molecule has 0 aliphatic heterocycles. The number of carbonyl (C=O) groups excluding carboxylic acids is 1. The van der Waals surface area contributed by atoms with Gasteiger partial charge in [0.25, 0.3) is 5.91 Å². The second-order valence-corrected chi connectivity index (χ2v) is 7.76. The van der Waals surface area contributed by atoms with Crippen molar-refractivity contribution in [3.05, 3.63) is 62.5 Å². The normalized spacial score (nSPS) is 10.5. The Labute approximate surface area is 164 Å². The third-order valence-electron chi connectivity index (χ3n) is 2.98. The zero-order valence-corrected chi connectivity index (χ0v) is 16.6. The number of rotatable bonds is 8. The summed E-state index contributed by atoms with van der Waals surface area (Å²) in [6.45, 7) is 0.530. The van der Waals surface area contributed by atoms with E-state index in [9.17, 15) is 4.79 Å². The minimum atomic E-state index is -0.169. The van der Waals surface area contributed by atoms with Crippen molar-refractivity contribution < 1.29 is 9.53 Å². The minimum Gasteiger partial charge on any atom is -0.482 e. The molecule has 0 bridgehead atoms. The number of thioether (sulfide) groups is 1. The fourth-order valence-corrected chi connectivity index (χ4v) is 3.61. The number of hydrogen-bond donors (Lipinski definition) is 1. The summed E-state index contributed by atoms with van der Waals surface area (Å²) in [7, 11) is 0. The Bertz CT molecular complexity index is 700. The van der Waals surface area contributed by atoms with Gasteiger partial charge in [0.05, 0.1) is 5.02 Å². The van der Waals surface area contributed by atoms with Crippen molar-refractivity contribution in [1.82, 2.24) is 5.32 Å². The Kier molecular flexibility index (Phi) is 8.25. The molecule has 2 rings (SSSR count). The molecular formula is C17H16BrCl2NO2S. The molecule has 0 aromatic heterocycles. The van der Waals surface area contributed by atoms with Crippen LogP contribution in [0.3, 0.4) is 0 Å². The van der Waals surface area contributed by atoms with Crippen LogP contribution in [0, 0.1) is 0 Å². The van der Waals surface area contributed by atoms with E-state index < -0.39 is 0 Å².